The highest BCUT2D eigenvalue weighted by molar-refractivity contribution is 9.10. The molecule has 0 aliphatic heterocycles. The van der Waals surface area contributed by atoms with Crippen molar-refractivity contribution in [2.45, 2.75) is 26.3 Å². The SMILES string of the molecule is CCC(C)N(C)C(=O)c1ccc(Br)cc1N. The zero-order chi connectivity index (χ0) is 12.3. The number of hydrogen-bond acceptors (Lipinski definition) is 2. The number of halogens is 1. The summed E-state index contributed by atoms with van der Waals surface area (Å²) in [5.41, 5.74) is 6.89. The van der Waals surface area contributed by atoms with E-state index in [-0.39, 0.29) is 11.9 Å². The van der Waals surface area contributed by atoms with Gasteiger partial charge in [-0.25, -0.2) is 0 Å². The molecule has 0 aliphatic carbocycles. The molecule has 1 unspecified atom stereocenters. The summed E-state index contributed by atoms with van der Waals surface area (Å²) in [6, 6.07) is 5.54. The topological polar surface area (TPSA) is 46.3 Å². The number of anilines is 1. The van der Waals surface area contributed by atoms with Gasteiger partial charge >= 0.3 is 0 Å². The number of carbonyl (C=O) groups is 1. The van der Waals surface area contributed by atoms with Crippen LogP contribution in [-0.2, 0) is 0 Å². The summed E-state index contributed by atoms with van der Waals surface area (Å²) < 4.78 is 0.882. The summed E-state index contributed by atoms with van der Waals surface area (Å²) in [5, 5.41) is 0. The lowest BCUT2D eigenvalue weighted by Crippen LogP contribution is -2.34. The van der Waals surface area contributed by atoms with Crippen LogP contribution in [0.4, 0.5) is 5.69 Å². The van der Waals surface area contributed by atoms with Gasteiger partial charge in [0.1, 0.15) is 0 Å². The predicted molar refractivity (Wildman–Crippen MR) is 70.4 cm³/mol. The first kappa shape index (κ1) is 13.0. The zero-order valence-electron chi connectivity index (χ0n) is 9.83. The fraction of sp³-hybridized carbons (Fsp3) is 0.417. The molecule has 0 aliphatic rings. The Morgan fingerprint density at radius 2 is 2.19 bits per heavy atom. The van der Waals surface area contributed by atoms with Gasteiger partial charge in [0.25, 0.3) is 5.91 Å². The lowest BCUT2D eigenvalue weighted by atomic mass is 10.1. The van der Waals surface area contributed by atoms with E-state index in [9.17, 15) is 4.79 Å². The Kier molecular flexibility index (Phi) is 4.35. The fourth-order valence-corrected chi connectivity index (χ4v) is 1.77. The van der Waals surface area contributed by atoms with Gasteiger partial charge in [0.15, 0.2) is 0 Å². The third-order valence-corrected chi connectivity index (χ3v) is 3.31. The minimum Gasteiger partial charge on any atom is -0.398 e. The average Bonchev–Trinajstić information content (AvgIpc) is 2.26. The maximum absolute atomic E-state index is 12.1. The van der Waals surface area contributed by atoms with Crippen LogP contribution in [0.1, 0.15) is 30.6 Å². The number of rotatable bonds is 3. The van der Waals surface area contributed by atoms with Gasteiger partial charge in [-0.05, 0) is 31.5 Å². The van der Waals surface area contributed by atoms with Crippen molar-refractivity contribution >= 4 is 27.5 Å². The van der Waals surface area contributed by atoms with Crippen molar-refractivity contribution in [2.75, 3.05) is 12.8 Å². The van der Waals surface area contributed by atoms with Crippen LogP contribution in [0.25, 0.3) is 0 Å². The number of amides is 1. The first-order valence-electron chi connectivity index (χ1n) is 5.29. The number of nitrogen functional groups attached to an aromatic ring is 1. The summed E-state index contributed by atoms with van der Waals surface area (Å²) in [5.74, 6) is -0.0284. The second-order valence-corrected chi connectivity index (χ2v) is 4.82. The molecule has 1 amide bonds. The van der Waals surface area contributed by atoms with Crippen molar-refractivity contribution in [3.63, 3.8) is 0 Å². The Bertz CT molecular complexity index is 393. The lowest BCUT2D eigenvalue weighted by molar-refractivity contribution is 0.0741. The maximum atomic E-state index is 12.1. The third-order valence-electron chi connectivity index (χ3n) is 2.82. The van der Waals surface area contributed by atoms with E-state index in [0.717, 1.165) is 10.9 Å². The molecule has 1 rings (SSSR count). The molecule has 0 saturated heterocycles. The van der Waals surface area contributed by atoms with Crippen molar-refractivity contribution in [1.82, 2.24) is 4.90 Å². The second kappa shape index (κ2) is 5.34. The van der Waals surface area contributed by atoms with Crippen LogP contribution >= 0.6 is 15.9 Å². The van der Waals surface area contributed by atoms with E-state index in [4.69, 9.17) is 5.73 Å². The highest BCUT2D eigenvalue weighted by Crippen LogP contribution is 2.20. The van der Waals surface area contributed by atoms with Crippen LogP contribution in [0.3, 0.4) is 0 Å². The molecule has 1 aromatic rings. The molecule has 1 aromatic carbocycles. The Labute approximate surface area is 105 Å². The molecule has 16 heavy (non-hydrogen) atoms. The monoisotopic (exact) mass is 284 g/mol. The lowest BCUT2D eigenvalue weighted by Gasteiger charge is -2.24. The molecule has 2 N–H and O–H groups in total. The highest BCUT2D eigenvalue weighted by Gasteiger charge is 2.18. The van der Waals surface area contributed by atoms with Crippen molar-refractivity contribution in [2.24, 2.45) is 0 Å². The first-order valence-corrected chi connectivity index (χ1v) is 6.08. The summed E-state index contributed by atoms with van der Waals surface area (Å²) in [6.45, 7) is 4.08. The van der Waals surface area contributed by atoms with E-state index in [1.165, 1.54) is 0 Å². The minimum absolute atomic E-state index is 0.0284. The molecule has 0 heterocycles. The first-order chi connectivity index (χ1) is 7.47. The van der Waals surface area contributed by atoms with Gasteiger partial charge in [-0.2, -0.15) is 0 Å². The van der Waals surface area contributed by atoms with E-state index in [1.807, 2.05) is 13.0 Å². The third kappa shape index (κ3) is 2.76. The number of hydrogen-bond donors (Lipinski definition) is 1. The molecule has 0 radical (unpaired) electrons. The van der Waals surface area contributed by atoms with E-state index in [0.29, 0.717) is 11.3 Å². The largest absolute Gasteiger partial charge is 0.398 e. The summed E-state index contributed by atoms with van der Waals surface area (Å²) in [4.78, 5) is 13.8. The van der Waals surface area contributed by atoms with Crippen LogP contribution in [0.2, 0.25) is 0 Å². The highest BCUT2D eigenvalue weighted by atomic mass is 79.9. The summed E-state index contributed by atoms with van der Waals surface area (Å²) in [7, 11) is 1.80. The normalized spacial score (nSPS) is 12.2. The molecular formula is C12H17BrN2O. The van der Waals surface area contributed by atoms with Gasteiger partial charge in [-0.3, -0.25) is 4.79 Å². The fourth-order valence-electron chi connectivity index (χ4n) is 1.39. The zero-order valence-corrected chi connectivity index (χ0v) is 11.4. The number of benzene rings is 1. The Hall–Kier alpha value is -1.03. The summed E-state index contributed by atoms with van der Waals surface area (Å²) >= 11 is 3.32. The van der Waals surface area contributed by atoms with Crippen molar-refractivity contribution < 1.29 is 4.79 Å². The number of carbonyl (C=O) groups excluding carboxylic acids is 1. The molecular weight excluding hydrogens is 268 g/mol. The van der Waals surface area contributed by atoms with Crippen LogP contribution in [0, 0.1) is 0 Å². The van der Waals surface area contributed by atoms with Crippen LogP contribution in [0.15, 0.2) is 22.7 Å². The van der Waals surface area contributed by atoms with Gasteiger partial charge < -0.3 is 10.6 Å². The van der Waals surface area contributed by atoms with Crippen molar-refractivity contribution in [3.05, 3.63) is 28.2 Å². The smallest absolute Gasteiger partial charge is 0.255 e. The van der Waals surface area contributed by atoms with Gasteiger partial charge in [-0.15, -0.1) is 0 Å². The number of nitrogens with two attached hydrogens (primary N) is 1. The Morgan fingerprint density at radius 3 is 2.69 bits per heavy atom. The number of nitrogens with zero attached hydrogens (tertiary/aromatic N) is 1. The van der Waals surface area contributed by atoms with Crippen LogP contribution in [0.5, 0.6) is 0 Å². The van der Waals surface area contributed by atoms with E-state index in [2.05, 4.69) is 22.9 Å². The summed E-state index contributed by atoms with van der Waals surface area (Å²) in [6.07, 6.45) is 0.929. The predicted octanol–water partition coefficient (Wildman–Crippen LogP) is 2.90. The van der Waals surface area contributed by atoms with Gasteiger partial charge in [0.2, 0.25) is 0 Å². The molecule has 4 heteroatoms. The van der Waals surface area contributed by atoms with Gasteiger partial charge in [0.05, 0.1) is 5.56 Å². The van der Waals surface area contributed by atoms with Gasteiger partial charge in [0, 0.05) is 23.2 Å². The standard InChI is InChI=1S/C12H17BrN2O/c1-4-8(2)15(3)12(16)10-6-5-9(13)7-11(10)14/h5-8H,4,14H2,1-3H3. The maximum Gasteiger partial charge on any atom is 0.255 e. The molecule has 88 valence electrons. The van der Waals surface area contributed by atoms with Crippen LogP contribution < -0.4 is 5.73 Å². The Balaban J connectivity index is 2.96. The molecule has 0 fully saturated rings. The van der Waals surface area contributed by atoms with Crippen molar-refractivity contribution in [1.29, 1.82) is 0 Å². The molecule has 0 spiro atoms. The Morgan fingerprint density at radius 1 is 1.56 bits per heavy atom. The molecule has 0 bridgehead atoms. The van der Waals surface area contributed by atoms with E-state index in [1.54, 1.807) is 24.1 Å². The molecule has 0 saturated carbocycles. The van der Waals surface area contributed by atoms with E-state index >= 15 is 0 Å². The molecule has 3 nitrogen and oxygen atoms in total. The van der Waals surface area contributed by atoms with Crippen LogP contribution in [-0.4, -0.2) is 23.9 Å². The molecule has 1 atom stereocenters. The second-order valence-electron chi connectivity index (χ2n) is 3.90. The van der Waals surface area contributed by atoms with E-state index < -0.39 is 0 Å². The van der Waals surface area contributed by atoms with Crippen molar-refractivity contribution in [3.8, 4) is 0 Å². The van der Waals surface area contributed by atoms with Gasteiger partial charge in [-0.1, -0.05) is 22.9 Å². The quantitative estimate of drug-likeness (QED) is 0.868. The minimum atomic E-state index is -0.0284. The molecule has 0 aromatic heterocycles. The average molecular weight is 285 g/mol.